The highest BCUT2D eigenvalue weighted by molar-refractivity contribution is 7.84. The van der Waals surface area contributed by atoms with Gasteiger partial charge >= 0.3 is 0 Å². The molecule has 5 heteroatoms. The minimum atomic E-state index is -0.737. The summed E-state index contributed by atoms with van der Waals surface area (Å²) in [4.78, 5) is 7.08. The second kappa shape index (κ2) is 4.25. The molecular weight excluding hydrogens is 174 g/mol. The summed E-state index contributed by atoms with van der Waals surface area (Å²) in [6, 6.07) is 0. The third kappa shape index (κ3) is 3.04. The Morgan fingerprint density at radius 3 is 3.00 bits per heavy atom. The van der Waals surface area contributed by atoms with Gasteiger partial charge < -0.3 is 10.3 Å². The van der Waals surface area contributed by atoms with Gasteiger partial charge in [0.1, 0.15) is 0 Å². The van der Waals surface area contributed by atoms with Crippen LogP contribution in [-0.4, -0.2) is 32.7 Å². The zero-order chi connectivity index (χ0) is 8.97. The summed E-state index contributed by atoms with van der Waals surface area (Å²) in [5, 5.41) is 3.04. The number of aromatic nitrogens is 2. The molecule has 0 fully saturated rings. The summed E-state index contributed by atoms with van der Waals surface area (Å²) in [5.41, 5.74) is 1.02. The third-order valence-corrected chi connectivity index (χ3v) is 2.16. The molecule has 68 valence electrons. The van der Waals surface area contributed by atoms with E-state index in [9.17, 15) is 4.21 Å². The van der Waals surface area contributed by atoms with Crippen LogP contribution in [0.2, 0.25) is 0 Å². The minimum absolute atomic E-state index is 0.653. The van der Waals surface area contributed by atoms with Crippen molar-refractivity contribution in [2.45, 2.75) is 6.92 Å². The van der Waals surface area contributed by atoms with Crippen LogP contribution >= 0.6 is 0 Å². The molecular formula is C7H13N3OS. The Morgan fingerprint density at radius 1 is 1.75 bits per heavy atom. The first-order chi connectivity index (χ1) is 5.68. The first-order valence-electron chi connectivity index (χ1n) is 3.74. The van der Waals surface area contributed by atoms with Crippen LogP contribution in [0, 0.1) is 6.92 Å². The van der Waals surface area contributed by atoms with Crippen LogP contribution in [0.1, 0.15) is 5.69 Å². The normalized spacial score (nSPS) is 12.8. The van der Waals surface area contributed by atoms with E-state index in [2.05, 4.69) is 15.3 Å². The highest BCUT2D eigenvalue weighted by Crippen LogP contribution is 1.98. The zero-order valence-electron chi connectivity index (χ0n) is 7.26. The van der Waals surface area contributed by atoms with Gasteiger partial charge in [-0.25, -0.2) is 4.98 Å². The van der Waals surface area contributed by atoms with Gasteiger partial charge in [0.25, 0.3) is 0 Å². The van der Waals surface area contributed by atoms with E-state index in [0.717, 1.165) is 11.6 Å². The molecule has 0 bridgehead atoms. The zero-order valence-corrected chi connectivity index (χ0v) is 8.07. The number of H-pyrrole nitrogens is 1. The fourth-order valence-electron chi connectivity index (χ4n) is 0.816. The summed E-state index contributed by atoms with van der Waals surface area (Å²) in [7, 11) is -0.737. The van der Waals surface area contributed by atoms with Crippen molar-refractivity contribution in [2.24, 2.45) is 0 Å². The summed E-state index contributed by atoms with van der Waals surface area (Å²) < 4.78 is 10.7. The molecule has 0 aliphatic heterocycles. The van der Waals surface area contributed by atoms with Crippen molar-refractivity contribution in [3.63, 3.8) is 0 Å². The van der Waals surface area contributed by atoms with Gasteiger partial charge in [0.05, 0.1) is 0 Å². The number of anilines is 1. The number of imidazole rings is 1. The Labute approximate surface area is 74.2 Å². The van der Waals surface area contributed by atoms with E-state index < -0.39 is 10.8 Å². The summed E-state index contributed by atoms with van der Waals surface area (Å²) >= 11 is 0. The van der Waals surface area contributed by atoms with E-state index in [1.807, 2.05) is 6.92 Å². The van der Waals surface area contributed by atoms with Gasteiger partial charge in [-0.05, 0) is 6.92 Å². The molecule has 0 saturated carbocycles. The number of rotatable bonds is 4. The largest absolute Gasteiger partial charge is 0.355 e. The average molecular weight is 187 g/mol. The van der Waals surface area contributed by atoms with E-state index in [1.54, 1.807) is 12.5 Å². The molecule has 1 heterocycles. The predicted molar refractivity (Wildman–Crippen MR) is 50.7 cm³/mol. The van der Waals surface area contributed by atoms with Crippen LogP contribution in [-0.2, 0) is 10.8 Å². The first-order valence-corrected chi connectivity index (χ1v) is 5.46. The van der Waals surface area contributed by atoms with Gasteiger partial charge in [-0.2, -0.15) is 0 Å². The number of aromatic amines is 1. The van der Waals surface area contributed by atoms with Gasteiger partial charge in [-0.3, -0.25) is 4.21 Å². The molecule has 0 aromatic carbocycles. The summed E-state index contributed by atoms with van der Waals surface area (Å²) in [6.07, 6.45) is 3.44. The molecule has 0 radical (unpaired) electrons. The van der Waals surface area contributed by atoms with Crippen molar-refractivity contribution in [3.05, 3.63) is 11.9 Å². The van der Waals surface area contributed by atoms with E-state index in [1.165, 1.54) is 0 Å². The number of hydrogen-bond acceptors (Lipinski definition) is 3. The molecule has 1 rings (SSSR count). The molecule has 1 aromatic rings. The van der Waals surface area contributed by atoms with Gasteiger partial charge in [0.2, 0.25) is 0 Å². The second-order valence-electron chi connectivity index (χ2n) is 2.62. The Balaban J connectivity index is 2.29. The molecule has 0 aliphatic carbocycles. The highest BCUT2D eigenvalue weighted by Gasteiger charge is 1.95. The quantitative estimate of drug-likeness (QED) is 0.722. The number of nitrogens with zero attached hydrogens (tertiary/aromatic N) is 1. The fourth-order valence-corrected chi connectivity index (χ4v) is 1.21. The standard InChI is InChI=1S/C7H13N3OS/c1-6-5-9-7(10-6)8-3-4-12(2)11/h5H,3-4H2,1-2H3,(H2,8,9,10). The van der Waals surface area contributed by atoms with Crippen LogP contribution < -0.4 is 5.32 Å². The smallest absolute Gasteiger partial charge is 0.200 e. The Morgan fingerprint density at radius 2 is 2.50 bits per heavy atom. The predicted octanol–water partition coefficient (Wildman–Crippen LogP) is 0.509. The molecule has 2 N–H and O–H groups in total. The maximum atomic E-state index is 10.7. The lowest BCUT2D eigenvalue weighted by atomic mass is 10.6. The molecule has 1 unspecified atom stereocenters. The van der Waals surface area contributed by atoms with E-state index in [-0.39, 0.29) is 0 Å². The maximum Gasteiger partial charge on any atom is 0.200 e. The Hall–Kier alpha value is -0.840. The molecule has 0 amide bonds. The Kier molecular flexibility index (Phi) is 3.28. The monoisotopic (exact) mass is 187 g/mol. The van der Waals surface area contributed by atoms with E-state index >= 15 is 0 Å². The average Bonchev–Trinajstić information content (AvgIpc) is 2.35. The molecule has 0 saturated heterocycles. The molecule has 0 spiro atoms. The first kappa shape index (κ1) is 9.25. The fraction of sp³-hybridized carbons (Fsp3) is 0.571. The lowest BCUT2D eigenvalue weighted by Crippen LogP contribution is -2.10. The Bertz CT molecular complexity index is 271. The SMILES string of the molecule is Cc1cnc(NCCS(C)=O)[nH]1. The highest BCUT2D eigenvalue weighted by atomic mass is 32.2. The van der Waals surface area contributed by atoms with Crippen molar-refractivity contribution in [3.8, 4) is 0 Å². The van der Waals surface area contributed by atoms with Crippen molar-refractivity contribution >= 4 is 16.7 Å². The lowest BCUT2D eigenvalue weighted by Gasteiger charge is -1.99. The number of hydrogen-bond donors (Lipinski definition) is 2. The van der Waals surface area contributed by atoms with Crippen LogP contribution in [0.3, 0.4) is 0 Å². The van der Waals surface area contributed by atoms with Crippen molar-refractivity contribution < 1.29 is 4.21 Å². The van der Waals surface area contributed by atoms with Crippen molar-refractivity contribution in [1.29, 1.82) is 0 Å². The van der Waals surface area contributed by atoms with Gasteiger partial charge in [0, 0.05) is 41.2 Å². The van der Waals surface area contributed by atoms with E-state index in [4.69, 9.17) is 0 Å². The van der Waals surface area contributed by atoms with Gasteiger partial charge in [-0.1, -0.05) is 0 Å². The molecule has 12 heavy (non-hydrogen) atoms. The van der Waals surface area contributed by atoms with Crippen molar-refractivity contribution in [2.75, 3.05) is 23.9 Å². The molecule has 1 atom stereocenters. The number of aryl methyl sites for hydroxylation is 1. The second-order valence-corrected chi connectivity index (χ2v) is 4.17. The minimum Gasteiger partial charge on any atom is -0.355 e. The maximum absolute atomic E-state index is 10.7. The van der Waals surface area contributed by atoms with E-state index in [0.29, 0.717) is 12.3 Å². The van der Waals surface area contributed by atoms with Crippen LogP contribution in [0.4, 0.5) is 5.95 Å². The molecule has 4 nitrogen and oxygen atoms in total. The van der Waals surface area contributed by atoms with Crippen molar-refractivity contribution in [1.82, 2.24) is 9.97 Å². The topological polar surface area (TPSA) is 57.8 Å². The number of nitrogens with one attached hydrogen (secondary N) is 2. The van der Waals surface area contributed by atoms with Crippen LogP contribution in [0.15, 0.2) is 6.20 Å². The van der Waals surface area contributed by atoms with Gasteiger partial charge in [0.15, 0.2) is 5.95 Å². The lowest BCUT2D eigenvalue weighted by molar-refractivity contribution is 0.687. The molecule has 1 aromatic heterocycles. The molecule has 0 aliphatic rings. The van der Waals surface area contributed by atoms with Crippen LogP contribution in [0.5, 0.6) is 0 Å². The third-order valence-electron chi connectivity index (χ3n) is 1.38. The summed E-state index contributed by atoms with van der Waals surface area (Å²) in [5.74, 6) is 1.40. The summed E-state index contributed by atoms with van der Waals surface area (Å²) in [6.45, 7) is 2.63. The van der Waals surface area contributed by atoms with Gasteiger partial charge in [-0.15, -0.1) is 0 Å². The van der Waals surface area contributed by atoms with Crippen LogP contribution in [0.25, 0.3) is 0 Å².